The Kier molecular flexibility index (Phi) is 3.20. The van der Waals surface area contributed by atoms with Gasteiger partial charge >= 0.3 is 0 Å². The van der Waals surface area contributed by atoms with E-state index in [0.29, 0.717) is 0 Å². The Bertz CT molecular complexity index is 387. The summed E-state index contributed by atoms with van der Waals surface area (Å²) in [7, 11) is 0. The zero-order valence-corrected chi connectivity index (χ0v) is 7.72. The van der Waals surface area contributed by atoms with Crippen LogP contribution in [0.1, 0.15) is 17.6 Å². The van der Waals surface area contributed by atoms with E-state index in [4.69, 9.17) is 22.6 Å². The molecule has 0 amide bonds. The first-order valence-corrected chi connectivity index (χ1v) is 4.04. The molecule has 0 unspecified atom stereocenters. The van der Waals surface area contributed by atoms with Crippen LogP contribution in [0, 0.1) is 11.3 Å². The van der Waals surface area contributed by atoms with E-state index in [2.05, 4.69) is 4.98 Å². The summed E-state index contributed by atoms with van der Waals surface area (Å²) in [4.78, 5) is 3.49. The molecule has 1 heterocycles. The number of rotatable bonds is 2. The SMILES string of the molecule is N#CCc1cc(Cl)nc(N)c1C(F)F. The van der Waals surface area contributed by atoms with Crippen molar-refractivity contribution in [3.05, 3.63) is 22.3 Å². The monoisotopic (exact) mass is 217 g/mol. The fourth-order valence-electron chi connectivity index (χ4n) is 1.08. The highest BCUT2D eigenvalue weighted by atomic mass is 35.5. The van der Waals surface area contributed by atoms with Crippen molar-refractivity contribution in [3.63, 3.8) is 0 Å². The minimum atomic E-state index is -2.75. The number of nitrogen functional groups attached to an aromatic ring is 1. The van der Waals surface area contributed by atoms with Crippen molar-refractivity contribution in [2.75, 3.05) is 5.73 Å². The summed E-state index contributed by atoms with van der Waals surface area (Å²) in [5, 5.41) is 8.42. The molecule has 0 atom stereocenters. The first-order chi connectivity index (χ1) is 6.56. The maximum Gasteiger partial charge on any atom is 0.267 e. The molecule has 74 valence electrons. The molecule has 0 fully saturated rings. The molecule has 0 radical (unpaired) electrons. The minimum Gasteiger partial charge on any atom is -0.383 e. The topological polar surface area (TPSA) is 62.7 Å². The molecule has 0 bridgehead atoms. The summed E-state index contributed by atoms with van der Waals surface area (Å²) in [6.45, 7) is 0. The average molecular weight is 218 g/mol. The van der Waals surface area contributed by atoms with Gasteiger partial charge in [0.05, 0.1) is 18.1 Å². The van der Waals surface area contributed by atoms with Crippen LogP contribution in [-0.4, -0.2) is 4.98 Å². The van der Waals surface area contributed by atoms with Crippen molar-refractivity contribution < 1.29 is 8.78 Å². The van der Waals surface area contributed by atoms with E-state index in [0.717, 1.165) is 0 Å². The van der Waals surface area contributed by atoms with Crippen molar-refractivity contribution in [2.45, 2.75) is 12.8 Å². The number of hydrogen-bond acceptors (Lipinski definition) is 3. The van der Waals surface area contributed by atoms with E-state index in [1.54, 1.807) is 6.07 Å². The van der Waals surface area contributed by atoms with Gasteiger partial charge in [-0.15, -0.1) is 0 Å². The molecule has 0 aliphatic carbocycles. The number of hydrogen-bond donors (Lipinski definition) is 1. The number of aromatic nitrogens is 1. The molecule has 0 saturated carbocycles. The smallest absolute Gasteiger partial charge is 0.267 e. The van der Waals surface area contributed by atoms with Crippen LogP contribution in [0.5, 0.6) is 0 Å². The molecule has 3 nitrogen and oxygen atoms in total. The lowest BCUT2D eigenvalue weighted by Crippen LogP contribution is -2.03. The Morgan fingerprint density at radius 1 is 1.64 bits per heavy atom. The average Bonchev–Trinajstić information content (AvgIpc) is 2.01. The Balaban J connectivity index is 3.30. The van der Waals surface area contributed by atoms with Gasteiger partial charge < -0.3 is 5.73 Å². The fourth-order valence-corrected chi connectivity index (χ4v) is 1.30. The standard InChI is InChI=1S/C8H6ClF2N3/c9-5-3-4(1-2-12)6(7(10)11)8(13)14-5/h3,7H,1H2,(H2,13,14). The molecule has 1 aromatic heterocycles. The quantitative estimate of drug-likeness (QED) is 0.774. The molecule has 0 saturated heterocycles. The molecule has 1 aromatic rings. The third-order valence-corrected chi connectivity index (χ3v) is 1.82. The van der Waals surface area contributed by atoms with Crippen LogP contribution in [0.25, 0.3) is 0 Å². The van der Waals surface area contributed by atoms with Crippen LogP contribution in [0.15, 0.2) is 6.07 Å². The lowest BCUT2D eigenvalue weighted by atomic mass is 10.1. The number of anilines is 1. The van der Waals surface area contributed by atoms with E-state index >= 15 is 0 Å². The molecule has 0 aliphatic rings. The van der Waals surface area contributed by atoms with Gasteiger partial charge in [-0.1, -0.05) is 11.6 Å². The van der Waals surface area contributed by atoms with Crippen molar-refractivity contribution in [1.29, 1.82) is 5.26 Å². The molecule has 0 aromatic carbocycles. The third-order valence-electron chi connectivity index (χ3n) is 1.63. The van der Waals surface area contributed by atoms with Crippen LogP contribution in [-0.2, 0) is 6.42 Å². The summed E-state index contributed by atoms with van der Waals surface area (Å²) in [6.07, 6.45) is -2.91. The highest BCUT2D eigenvalue weighted by Gasteiger charge is 2.18. The summed E-state index contributed by atoms with van der Waals surface area (Å²) < 4.78 is 24.9. The number of nitriles is 1. The van der Waals surface area contributed by atoms with Gasteiger partial charge in [0.25, 0.3) is 6.43 Å². The van der Waals surface area contributed by atoms with E-state index in [1.807, 2.05) is 0 Å². The van der Waals surface area contributed by atoms with Gasteiger partial charge in [0, 0.05) is 0 Å². The van der Waals surface area contributed by atoms with Crippen LogP contribution < -0.4 is 5.73 Å². The second kappa shape index (κ2) is 4.20. The predicted octanol–water partition coefficient (Wildman–Crippen LogP) is 2.32. The van der Waals surface area contributed by atoms with Gasteiger partial charge in [0.1, 0.15) is 11.0 Å². The van der Waals surface area contributed by atoms with Gasteiger partial charge in [-0.05, 0) is 11.6 Å². The Morgan fingerprint density at radius 2 is 2.29 bits per heavy atom. The molecular weight excluding hydrogens is 212 g/mol. The lowest BCUT2D eigenvalue weighted by molar-refractivity contribution is 0.151. The normalized spacial score (nSPS) is 10.2. The largest absolute Gasteiger partial charge is 0.383 e. The second-order valence-corrected chi connectivity index (χ2v) is 2.93. The molecule has 2 N–H and O–H groups in total. The molecule has 0 spiro atoms. The molecule has 0 aliphatic heterocycles. The van der Waals surface area contributed by atoms with Crippen molar-refractivity contribution in [1.82, 2.24) is 4.98 Å². The fraction of sp³-hybridized carbons (Fsp3) is 0.250. The van der Waals surface area contributed by atoms with E-state index in [1.165, 1.54) is 6.07 Å². The first-order valence-electron chi connectivity index (χ1n) is 3.66. The number of alkyl halides is 2. The van der Waals surface area contributed by atoms with Crippen LogP contribution in [0.2, 0.25) is 5.15 Å². The van der Waals surface area contributed by atoms with Gasteiger partial charge in [-0.2, -0.15) is 5.26 Å². The van der Waals surface area contributed by atoms with Gasteiger partial charge in [0.2, 0.25) is 0 Å². The van der Waals surface area contributed by atoms with E-state index in [-0.39, 0.29) is 23.0 Å². The summed E-state index contributed by atoms with van der Waals surface area (Å²) in [5.41, 5.74) is 4.99. The molecule has 6 heteroatoms. The molecule has 14 heavy (non-hydrogen) atoms. The number of nitrogens with two attached hydrogens (primary N) is 1. The Labute approximate surface area is 84.1 Å². The van der Waals surface area contributed by atoms with Crippen LogP contribution >= 0.6 is 11.6 Å². The van der Waals surface area contributed by atoms with Gasteiger partial charge in [-0.25, -0.2) is 13.8 Å². The minimum absolute atomic E-state index is 0.0113. The number of nitrogens with zero attached hydrogens (tertiary/aromatic N) is 2. The summed E-state index contributed by atoms with van der Waals surface area (Å²) in [6, 6.07) is 2.98. The highest BCUT2D eigenvalue weighted by Crippen LogP contribution is 2.29. The maximum atomic E-state index is 12.5. The van der Waals surface area contributed by atoms with Gasteiger partial charge in [-0.3, -0.25) is 0 Å². The van der Waals surface area contributed by atoms with E-state index < -0.39 is 12.0 Å². The van der Waals surface area contributed by atoms with Crippen molar-refractivity contribution in [2.24, 2.45) is 0 Å². The summed E-state index contributed by atoms with van der Waals surface area (Å²) >= 11 is 5.52. The van der Waals surface area contributed by atoms with Crippen LogP contribution in [0.4, 0.5) is 14.6 Å². The number of halogens is 3. The third kappa shape index (κ3) is 2.09. The Hall–Kier alpha value is -1.41. The lowest BCUT2D eigenvalue weighted by Gasteiger charge is -2.08. The summed E-state index contributed by atoms with van der Waals surface area (Å²) in [5.74, 6) is -0.322. The van der Waals surface area contributed by atoms with Crippen molar-refractivity contribution in [3.8, 4) is 6.07 Å². The zero-order valence-electron chi connectivity index (χ0n) is 6.97. The molecular formula is C8H6ClF2N3. The first kappa shape index (κ1) is 10.7. The van der Waals surface area contributed by atoms with Crippen molar-refractivity contribution >= 4 is 17.4 Å². The van der Waals surface area contributed by atoms with Crippen LogP contribution in [0.3, 0.4) is 0 Å². The van der Waals surface area contributed by atoms with E-state index in [9.17, 15) is 8.78 Å². The maximum absolute atomic E-state index is 12.5. The zero-order chi connectivity index (χ0) is 10.7. The Morgan fingerprint density at radius 3 is 2.79 bits per heavy atom. The predicted molar refractivity (Wildman–Crippen MR) is 47.9 cm³/mol. The second-order valence-electron chi connectivity index (χ2n) is 2.54. The highest BCUT2D eigenvalue weighted by molar-refractivity contribution is 6.29. The van der Waals surface area contributed by atoms with Gasteiger partial charge in [0.15, 0.2) is 0 Å². The molecule has 1 rings (SSSR count). The number of pyridine rings is 1.